The molecule has 0 saturated carbocycles. The quantitative estimate of drug-likeness (QED) is 0.919. The molecule has 4 nitrogen and oxygen atoms in total. The van der Waals surface area contributed by atoms with Gasteiger partial charge in [-0.2, -0.15) is 0 Å². The average Bonchev–Trinajstić information content (AvgIpc) is 2.42. The smallest absolute Gasteiger partial charge is 0.139 e. The van der Waals surface area contributed by atoms with Gasteiger partial charge >= 0.3 is 0 Å². The highest BCUT2D eigenvalue weighted by Crippen LogP contribution is 2.28. The molecule has 2 aromatic rings. The van der Waals surface area contributed by atoms with Gasteiger partial charge in [-0.3, -0.25) is 9.97 Å². The summed E-state index contributed by atoms with van der Waals surface area (Å²) in [5.41, 5.74) is 1.81. The van der Waals surface area contributed by atoms with E-state index in [1.54, 1.807) is 31.8 Å². The van der Waals surface area contributed by atoms with Gasteiger partial charge in [-0.05, 0) is 19.1 Å². The second kappa shape index (κ2) is 5.69. The summed E-state index contributed by atoms with van der Waals surface area (Å²) in [5, 5.41) is 3.91. The van der Waals surface area contributed by atoms with Gasteiger partial charge in [0.25, 0.3) is 0 Å². The van der Waals surface area contributed by atoms with E-state index in [0.717, 1.165) is 11.4 Å². The normalized spacial score (nSPS) is 11.9. The first kappa shape index (κ1) is 12.6. The number of methoxy groups -OCH3 is 1. The fourth-order valence-corrected chi connectivity index (χ4v) is 1.80. The zero-order valence-corrected chi connectivity index (χ0v) is 11.0. The fourth-order valence-electron chi connectivity index (χ4n) is 1.61. The largest absolute Gasteiger partial charge is 0.495 e. The molecule has 0 fully saturated rings. The lowest BCUT2D eigenvalue weighted by Crippen LogP contribution is -2.08. The Morgan fingerprint density at radius 3 is 2.83 bits per heavy atom. The summed E-state index contributed by atoms with van der Waals surface area (Å²) in [7, 11) is 1.59. The molecular formula is C13H14ClN3O. The van der Waals surface area contributed by atoms with Crippen molar-refractivity contribution >= 4 is 17.3 Å². The lowest BCUT2D eigenvalue weighted by atomic mass is 10.2. The lowest BCUT2D eigenvalue weighted by molar-refractivity contribution is 0.415. The SMILES string of the molecule is COc1cc(NC(C)c2cnccn2)ccc1Cl. The van der Waals surface area contributed by atoms with Crippen LogP contribution in [-0.2, 0) is 0 Å². The monoisotopic (exact) mass is 263 g/mol. The molecule has 2 rings (SSSR count). The molecule has 1 aromatic carbocycles. The maximum Gasteiger partial charge on any atom is 0.139 e. The Morgan fingerprint density at radius 2 is 2.17 bits per heavy atom. The zero-order valence-electron chi connectivity index (χ0n) is 10.2. The molecule has 1 N–H and O–H groups in total. The van der Waals surface area contributed by atoms with E-state index < -0.39 is 0 Å². The molecule has 0 saturated heterocycles. The van der Waals surface area contributed by atoms with Gasteiger partial charge in [0.1, 0.15) is 5.75 Å². The third kappa shape index (κ3) is 2.90. The van der Waals surface area contributed by atoms with Crippen molar-refractivity contribution in [3.8, 4) is 5.75 Å². The molecule has 0 radical (unpaired) electrons. The fraction of sp³-hybridized carbons (Fsp3) is 0.231. The minimum absolute atomic E-state index is 0.0598. The van der Waals surface area contributed by atoms with Crippen molar-refractivity contribution in [3.63, 3.8) is 0 Å². The van der Waals surface area contributed by atoms with E-state index in [2.05, 4.69) is 15.3 Å². The average molecular weight is 264 g/mol. The van der Waals surface area contributed by atoms with Gasteiger partial charge < -0.3 is 10.1 Å². The molecule has 1 unspecified atom stereocenters. The lowest BCUT2D eigenvalue weighted by Gasteiger charge is -2.15. The second-order valence-corrected chi connectivity index (χ2v) is 4.25. The van der Waals surface area contributed by atoms with Gasteiger partial charge in [0, 0.05) is 24.1 Å². The topological polar surface area (TPSA) is 47.0 Å². The summed E-state index contributed by atoms with van der Waals surface area (Å²) >= 11 is 5.97. The number of anilines is 1. The second-order valence-electron chi connectivity index (χ2n) is 3.85. The summed E-state index contributed by atoms with van der Waals surface area (Å²) in [6, 6.07) is 5.61. The van der Waals surface area contributed by atoms with Crippen LogP contribution in [0, 0.1) is 0 Å². The maximum absolute atomic E-state index is 5.97. The third-order valence-corrected chi connectivity index (χ3v) is 2.87. The Morgan fingerprint density at radius 1 is 1.33 bits per heavy atom. The molecule has 0 aliphatic rings. The predicted molar refractivity (Wildman–Crippen MR) is 72.1 cm³/mol. The minimum Gasteiger partial charge on any atom is -0.495 e. The van der Waals surface area contributed by atoms with Crippen molar-refractivity contribution < 1.29 is 4.74 Å². The molecule has 0 spiro atoms. The van der Waals surface area contributed by atoms with Crippen LogP contribution >= 0.6 is 11.6 Å². The molecule has 0 amide bonds. The summed E-state index contributed by atoms with van der Waals surface area (Å²) in [4.78, 5) is 8.30. The number of nitrogens with one attached hydrogen (secondary N) is 1. The number of hydrogen-bond acceptors (Lipinski definition) is 4. The molecule has 5 heteroatoms. The highest BCUT2D eigenvalue weighted by Gasteiger charge is 2.08. The Hall–Kier alpha value is -1.81. The first-order valence-corrected chi connectivity index (χ1v) is 5.94. The molecular weight excluding hydrogens is 250 g/mol. The zero-order chi connectivity index (χ0) is 13.0. The minimum atomic E-state index is 0.0598. The van der Waals surface area contributed by atoms with Crippen LogP contribution in [0.2, 0.25) is 5.02 Å². The number of ether oxygens (including phenoxy) is 1. The van der Waals surface area contributed by atoms with E-state index in [-0.39, 0.29) is 6.04 Å². The van der Waals surface area contributed by atoms with E-state index in [1.807, 2.05) is 19.1 Å². The highest BCUT2D eigenvalue weighted by atomic mass is 35.5. The van der Waals surface area contributed by atoms with E-state index >= 15 is 0 Å². The number of nitrogens with zero attached hydrogens (tertiary/aromatic N) is 2. The standard InChI is InChI=1S/C13H14ClN3O/c1-9(12-8-15-5-6-16-12)17-10-3-4-11(14)13(7-10)18-2/h3-9,17H,1-2H3. The van der Waals surface area contributed by atoms with Crippen molar-refractivity contribution in [1.82, 2.24) is 9.97 Å². The van der Waals surface area contributed by atoms with Crippen molar-refractivity contribution in [2.45, 2.75) is 13.0 Å². The Kier molecular flexibility index (Phi) is 3.99. The number of rotatable bonds is 4. The van der Waals surface area contributed by atoms with Crippen molar-refractivity contribution in [3.05, 3.63) is 47.5 Å². The number of aromatic nitrogens is 2. The predicted octanol–water partition coefficient (Wildman–Crippen LogP) is 3.31. The van der Waals surface area contributed by atoms with E-state index in [0.29, 0.717) is 10.8 Å². The molecule has 94 valence electrons. The Bertz CT molecular complexity index is 519. The van der Waals surface area contributed by atoms with E-state index in [9.17, 15) is 0 Å². The molecule has 0 aliphatic heterocycles. The number of benzene rings is 1. The maximum atomic E-state index is 5.97. The summed E-state index contributed by atoms with van der Waals surface area (Å²) in [6.45, 7) is 2.02. The molecule has 18 heavy (non-hydrogen) atoms. The first-order valence-electron chi connectivity index (χ1n) is 5.56. The Balaban J connectivity index is 2.14. The van der Waals surface area contributed by atoms with Crippen molar-refractivity contribution in [2.24, 2.45) is 0 Å². The van der Waals surface area contributed by atoms with Crippen LogP contribution in [0.1, 0.15) is 18.7 Å². The van der Waals surface area contributed by atoms with Crippen LogP contribution in [0.3, 0.4) is 0 Å². The summed E-state index contributed by atoms with van der Waals surface area (Å²) in [5.74, 6) is 0.646. The van der Waals surface area contributed by atoms with Gasteiger partial charge in [0.05, 0.1) is 30.1 Å². The van der Waals surface area contributed by atoms with Crippen LogP contribution in [0.25, 0.3) is 0 Å². The number of hydrogen-bond donors (Lipinski definition) is 1. The van der Waals surface area contributed by atoms with Crippen LogP contribution in [-0.4, -0.2) is 17.1 Å². The van der Waals surface area contributed by atoms with Gasteiger partial charge in [0.15, 0.2) is 0 Å². The van der Waals surface area contributed by atoms with Gasteiger partial charge in [-0.15, -0.1) is 0 Å². The molecule has 0 bridgehead atoms. The van der Waals surface area contributed by atoms with Crippen LogP contribution in [0.5, 0.6) is 5.75 Å². The van der Waals surface area contributed by atoms with E-state index in [4.69, 9.17) is 16.3 Å². The summed E-state index contributed by atoms with van der Waals surface area (Å²) < 4.78 is 5.17. The van der Waals surface area contributed by atoms with Crippen LogP contribution in [0.4, 0.5) is 5.69 Å². The van der Waals surface area contributed by atoms with Crippen molar-refractivity contribution in [2.75, 3.05) is 12.4 Å². The van der Waals surface area contributed by atoms with Crippen LogP contribution < -0.4 is 10.1 Å². The highest BCUT2D eigenvalue weighted by molar-refractivity contribution is 6.32. The van der Waals surface area contributed by atoms with Gasteiger partial charge in [-0.1, -0.05) is 11.6 Å². The first-order chi connectivity index (χ1) is 8.70. The third-order valence-electron chi connectivity index (χ3n) is 2.56. The molecule has 0 aliphatic carbocycles. The molecule has 1 aromatic heterocycles. The summed E-state index contributed by atoms with van der Waals surface area (Å²) in [6.07, 6.45) is 5.07. The van der Waals surface area contributed by atoms with Gasteiger partial charge in [0.2, 0.25) is 0 Å². The number of halogens is 1. The van der Waals surface area contributed by atoms with Crippen LogP contribution in [0.15, 0.2) is 36.8 Å². The Labute approximate surface area is 111 Å². The van der Waals surface area contributed by atoms with Gasteiger partial charge in [-0.25, -0.2) is 0 Å². The van der Waals surface area contributed by atoms with Crippen molar-refractivity contribution in [1.29, 1.82) is 0 Å². The molecule has 1 atom stereocenters. The molecule has 1 heterocycles. The van der Waals surface area contributed by atoms with E-state index in [1.165, 1.54) is 0 Å².